The number of pyridine rings is 1. The molecule has 1 aromatic rings. The lowest BCUT2D eigenvalue weighted by molar-refractivity contribution is -0.126. The molecular formula is C21H28N4O. The van der Waals surface area contributed by atoms with Gasteiger partial charge in [-0.2, -0.15) is 5.26 Å². The van der Waals surface area contributed by atoms with E-state index in [2.05, 4.69) is 28.2 Å². The highest BCUT2D eigenvalue weighted by Gasteiger charge is 2.42. The molecule has 2 heterocycles. The lowest BCUT2D eigenvalue weighted by atomic mass is 9.83. The summed E-state index contributed by atoms with van der Waals surface area (Å²) < 4.78 is 0. The normalized spacial score (nSPS) is 29.4. The number of piperidine rings is 1. The molecule has 2 bridgehead atoms. The van der Waals surface area contributed by atoms with E-state index in [1.807, 2.05) is 6.07 Å². The number of rotatable bonds is 4. The molecule has 4 atom stereocenters. The first-order valence-electron chi connectivity index (χ1n) is 10.1. The molecule has 3 fully saturated rings. The van der Waals surface area contributed by atoms with Gasteiger partial charge in [0.2, 0.25) is 5.91 Å². The summed E-state index contributed by atoms with van der Waals surface area (Å²) in [5.74, 6) is 3.73. The second-order valence-corrected chi connectivity index (χ2v) is 8.41. The Hall–Kier alpha value is -2.09. The van der Waals surface area contributed by atoms with Gasteiger partial charge in [-0.15, -0.1) is 0 Å². The van der Waals surface area contributed by atoms with Crippen LogP contribution >= 0.6 is 0 Å². The van der Waals surface area contributed by atoms with Crippen LogP contribution in [0.25, 0.3) is 0 Å². The third-order valence-corrected chi connectivity index (χ3v) is 6.87. The maximum absolute atomic E-state index is 12.7. The van der Waals surface area contributed by atoms with E-state index in [1.54, 1.807) is 12.3 Å². The molecule has 0 aromatic carbocycles. The highest BCUT2D eigenvalue weighted by molar-refractivity contribution is 5.79. The van der Waals surface area contributed by atoms with Gasteiger partial charge in [-0.05, 0) is 68.9 Å². The van der Waals surface area contributed by atoms with E-state index in [0.29, 0.717) is 17.5 Å². The molecule has 0 unspecified atom stereocenters. The smallest absolute Gasteiger partial charge is 0.223 e. The van der Waals surface area contributed by atoms with Crippen molar-refractivity contribution in [2.24, 2.45) is 23.7 Å². The topological polar surface area (TPSA) is 69.0 Å². The molecule has 4 rings (SSSR count). The van der Waals surface area contributed by atoms with E-state index in [1.165, 1.54) is 25.7 Å². The molecule has 0 radical (unpaired) electrons. The molecule has 3 aliphatic rings. The molecule has 1 saturated heterocycles. The Bertz CT molecular complexity index is 687. The van der Waals surface area contributed by atoms with Gasteiger partial charge in [-0.25, -0.2) is 4.98 Å². The van der Waals surface area contributed by atoms with Crippen molar-refractivity contribution in [3.05, 3.63) is 23.9 Å². The van der Waals surface area contributed by atoms with Crippen LogP contribution in [0, 0.1) is 35.0 Å². The van der Waals surface area contributed by atoms with Gasteiger partial charge in [-0.1, -0.05) is 6.42 Å². The Balaban J connectivity index is 1.27. The average Bonchev–Trinajstić information content (AvgIpc) is 3.32. The third kappa shape index (κ3) is 3.42. The largest absolute Gasteiger partial charge is 0.357 e. The number of carbonyl (C=O) groups excluding carboxylic acids is 1. The fourth-order valence-corrected chi connectivity index (χ4v) is 5.37. The van der Waals surface area contributed by atoms with Crippen molar-refractivity contribution < 1.29 is 4.79 Å². The predicted molar refractivity (Wildman–Crippen MR) is 100 cm³/mol. The molecule has 5 nitrogen and oxygen atoms in total. The molecule has 1 aromatic heterocycles. The number of hydrogen-bond donors (Lipinski definition) is 1. The van der Waals surface area contributed by atoms with Crippen LogP contribution in [-0.2, 0) is 4.79 Å². The number of aromatic nitrogens is 1. The summed E-state index contributed by atoms with van der Waals surface area (Å²) in [6.07, 6.45) is 8.84. The van der Waals surface area contributed by atoms with E-state index in [4.69, 9.17) is 5.26 Å². The number of nitriles is 1. The van der Waals surface area contributed by atoms with E-state index < -0.39 is 0 Å². The molecule has 1 amide bonds. The number of anilines is 1. The van der Waals surface area contributed by atoms with Gasteiger partial charge in [0.05, 0.1) is 5.56 Å². The van der Waals surface area contributed by atoms with Crippen LogP contribution in [0.4, 0.5) is 5.82 Å². The predicted octanol–water partition coefficient (Wildman–Crippen LogP) is 3.11. The van der Waals surface area contributed by atoms with Crippen LogP contribution in [0.3, 0.4) is 0 Å². The minimum atomic E-state index is 0.116. The summed E-state index contributed by atoms with van der Waals surface area (Å²) >= 11 is 0. The first-order chi connectivity index (χ1) is 12.6. The Kier molecular flexibility index (Phi) is 4.84. The molecule has 1 N–H and O–H groups in total. The van der Waals surface area contributed by atoms with Crippen molar-refractivity contribution in [1.29, 1.82) is 5.26 Å². The Labute approximate surface area is 155 Å². The molecule has 5 heteroatoms. The van der Waals surface area contributed by atoms with E-state index in [-0.39, 0.29) is 11.8 Å². The monoisotopic (exact) mass is 352 g/mol. The van der Waals surface area contributed by atoms with Crippen molar-refractivity contribution in [1.82, 2.24) is 10.3 Å². The van der Waals surface area contributed by atoms with Gasteiger partial charge in [0.15, 0.2) is 0 Å². The third-order valence-electron chi connectivity index (χ3n) is 6.87. The summed E-state index contributed by atoms with van der Waals surface area (Å²) in [6, 6.07) is 6.11. The Morgan fingerprint density at radius 2 is 2.08 bits per heavy atom. The van der Waals surface area contributed by atoms with Gasteiger partial charge in [0.25, 0.3) is 0 Å². The molecule has 138 valence electrons. The second kappa shape index (κ2) is 7.26. The van der Waals surface area contributed by atoms with Gasteiger partial charge < -0.3 is 10.2 Å². The van der Waals surface area contributed by atoms with Crippen molar-refractivity contribution in [3.8, 4) is 6.07 Å². The van der Waals surface area contributed by atoms with E-state index in [9.17, 15) is 4.79 Å². The first-order valence-corrected chi connectivity index (χ1v) is 10.1. The summed E-state index contributed by atoms with van der Waals surface area (Å²) in [4.78, 5) is 19.3. The fraction of sp³-hybridized carbons (Fsp3) is 0.667. The first kappa shape index (κ1) is 17.3. The highest BCUT2D eigenvalue weighted by Crippen LogP contribution is 2.49. The maximum atomic E-state index is 12.7. The zero-order valence-corrected chi connectivity index (χ0v) is 15.5. The van der Waals surface area contributed by atoms with Crippen molar-refractivity contribution >= 4 is 11.7 Å². The lowest BCUT2D eigenvalue weighted by Crippen LogP contribution is -2.46. The van der Waals surface area contributed by atoms with E-state index in [0.717, 1.165) is 43.6 Å². The van der Waals surface area contributed by atoms with Crippen LogP contribution in [0.1, 0.15) is 51.0 Å². The SMILES string of the molecule is C[C@H](NC(=O)C1CCN(c2ccc(C#N)cn2)CC1)[C@@H]1C[C@H]2CC[C@H]1C2. The van der Waals surface area contributed by atoms with Gasteiger partial charge in [-0.3, -0.25) is 4.79 Å². The number of hydrogen-bond acceptors (Lipinski definition) is 4. The van der Waals surface area contributed by atoms with Crippen LogP contribution in [-0.4, -0.2) is 30.0 Å². The summed E-state index contributed by atoms with van der Waals surface area (Å²) in [7, 11) is 0. The van der Waals surface area contributed by atoms with Crippen LogP contribution < -0.4 is 10.2 Å². The Morgan fingerprint density at radius 1 is 1.27 bits per heavy atom. The zero-order valence-electron chi connectivity index (χ0n) is 15.5. The quantitative estimate of drug-likeness (QED) is 0.904. The van der Waals surface area contributed by atoms with Gasteiger partial charge in [0.1, 0.15) is 11.9 Å². The van der Waals surface area contributed by atoms with Crippen LogP contribution in [0.5, 0.6) is 0 Å². The molecule has 2 saturated carbocycles. The molecule has 1 aliphatic heterocycles. The number of nitrogens with zero attached hydrogens (tertiary/aromatic N) is 3. The number of nitrogens with one attached hydrogen (secondary N) is 1. The van der Waals surface area contributed by atoms with Gasteiger partial charge >= 0.3 is 0 Å². The standard InChI is InChI=1S/C21H28N4O/c1-14(19-11-15-2-4-18(19)10-15)24-21(26)17-6-8-25(9-7-17)20-5-3-16(12-22)13-23-20/h3,5,13-15,17-19H,2,4,6-11H2,1H3,(H,24,26)/t14-,15-,18-,19-/m0/s1. The lowest BCUT2D eigenvalue weighted by Gasteiger charge is -2.34. The van der Waals surface area contributed by atoms with E-state index >= 15 is 0 Å². The molecule has 26 heavy (non-hydrogen) atoms. The number of amides is 1. The highest BCUT2D eigenvalue weighted by atomic mass is 16.1. The minimum absolute atomic E-state index is 0.116. The zero-order chi connectivity index (χ0) is 18.1. The van der Waals surface area contributed by atoms with Crippen molar-refractivity contribution in [3.63, 3.8) is 0 Å². The summed E-state index contributed by atoms with van der Waals surface area (Å²) in [5, 5.41) is 12.2. The summed E-state index contributed by atoms with van der Waals surface area (Å²) in [6.45, 7) is 3.90. The molecule has 2 aliphatic carbocycles. The minimum Gasteiger partial charge on any atom is -0.357 e. The van der Waals surface area contributed by atoms with Crippen molar-refractivity contribution in [2.75, 3.05) is 18.0 Å². The van der Waals surface area contributed by atoms with Gasteiger partial charge in [0, 0.05) is 31.2 Å². The van der Waals surface area contributed by atoms with Crippen molar-refractivity contribution in [2.45, 2.75) is 51.5 Å². The maximum Gasteiger partial charge on any atom is 0.223 e. The second-order valence-electron chi connectivity index (χ2n) is 8.41. The fourth-order valence-electron chi connectivity index (χ4n) is 5.37. The van der Waals surface area contributed by atoms with Crippen LogP contribution in [0.15, 0.2) is 18.3 Å². The summed E-state index contributed by atoms with van der Waals surface area (Å²) in [5.41, 5.74) is 0.581. The average molecular weight is 352 g/mol. The number of fused-ring (bicyclic) bond motifs is 2. The molecule has 0 spiro atoms. The van der Waals surface area contributed by atoms with Crippen LogP contribution in [0.2, 0.25) is 0 Å². The molecular weight excluding hydrogens is 324 g/mol. The Morgan fingerprint density at radius 3 is 2.65 bits per heavy atom. The number of carbonyl (C=O) groups is 1.